The summed E-state index contributed by atoms with van der Waals surface area (Å²) in [4.78, 5) is 6.90. The van der Waals surface area contributed by atoms with E-state index in [2.05, 4.69) is 15.2 Å². The standard InChI is InChI=1S/C20H33N3O4/c1-5-21-20(23-10-9-15(13-23)14-27-6-2)22-12-18(24)17-11-16(25-3)7-8-19(17)26-4/h7-8,11,15,18,24H,5-6,9-10,12-14H2,1-4H3,(H,21,22). The zero-order chi connectivity index (χ0) is 19.6. The quantitative estimate of drug-likeness (QED) is 0.505. The summed E-state index contributed by atoms with van der Waals surface area (Å²) in [5.74, 6) is 2.66. The number of hydrogen-bond acceptors (Lipinski definition) is 5. The highest BCUT2D eigenvalue weighted by molar-refractivity contribution is 5.80. The van der Waals surface area contributed by atoms with E-state index in [0.717, 1.165) is 45.2 Å². The molecule has 7 nitrogen and oxygen atoms in total. The van der Waals surface area contributed by atoms with Crippen LogP contribution in [-0.4, -0.2) is 69.6 Å². The van der Waals surface area contributed by atoms with Crippen LogP contribution >= 0.6 is 0 Å². The molecule has 2 atom stereocenters. The van der Waals surface area contributed by atoms with Crippen molar-refractivity contribution in [3.05, 3.63) is 23.8 Å². The van der Waals surface area contributed by atoms with E-state index in [1.54, 1.807) is 26.4 Å². The Labute approximate surface area is 162 Å². The van der Waals surface area contributed by atoms with Crippen LogP contribution in [0.2, 0.25) is 0 Å². The zero-order valence-corrected chi connectivity index (χ0v) is 16.9. The van der Waals surface area contributed by atoms with E-state index in [1.165, 1.54) is 0 Å². The van der Waals surface area contributed by atoms with E-state index in [9.17, 15) is 5.11 Å². The van der Waals surface area contributed by atoms with Crippen LogP contribution in [0.3, 0.4) is 0 Å². The van der Waals surface area contributed by atoms with Gasteiger partial charge in [0.15, 0.2) is 5.96 Å². The summed E-state index contributed by atoms with van der Waals surface area (Å²) in [5.41, 5.74) is 0.673. The highest BCUT2D eigenvalue weighted by Crippen LogP contribution is 2.29. The van der Waals surface area contributed by atoms with Gasteiger partial charge in [-0.25, -0.2) is 0 Å². The molecule has 0 radical (unpaired) electrons. The zero-order valence-electron chi connectivity index (χ0n) is 16.9. The second-order valence-corrected chi connectivity index (χ2v) is 6.58. The van der Waals surface area contributed by atoms with Crippen LogP contribution in [0.25, 0.3) is 0 Å². The number of likely N-dealkylation sites (tertiary alicyclic amines) is 1. The molecular weight excluding hydrogens is 346 g/mol. The van der Waals surface area contributed by atoms with Gasteiger partial charge in [0.05, 0.1) is 27.4 Å². The number of hydrogen-bond donors (Lipinski definition) is 2. The van der Waals surface area contributed by atoms with E-state index in [0.29, 0.717) is 23.0 Å². The van der Waals surface area contributed by atoms with Gasteiger partial charge in [-0.05, 0) is 38.5 Å². The first kappa shape index (κ1) is 21.3. The van der Waals surface area contributed by atoms with E-state index < -0.39 is 6.10 Å². The third-order valence-corrected chi connectivity index (χ3v) is 4.69. The highest BCUT2D eigenvalue weighted by atomic mass is 16.5. The largest absolute Gasteiger partial charge is 0.497 e. The molecule has 0 aliphatic carbocycles. The van der Waals surface area contributed by atoms with Crippen molar-refractivity contribution in [2.24, 2.45) is 10.9 Å². The van der Waals surface area contributed by atoms with Crippen molar-refractivity contribution in [3.63, 3.8) is 0 Å². The first-order chi connectivity index (χ1) is 13.1. The van der Waals surface area contributed by atoms with E-state index in [-0.39, 0.29) is 6.54 Å². The minimum Gasteiger partial charge on any atom is -0.497 e. The van der Waals surface area contributed by atoms with Crippen LogP contribution in [0, 0.1) is 5.92 Å². The topological polar surface area (TPSA) is 75.6 Å². The predicted octanol–water partition coefficient (Wildman–Crippen LogP) is 2.06. The minimum atomic E-state index is -0.773. The number of guanidine groups is 1. The summed E-state index contributed by atoms with van der Waals surface area (Å²) in [6.45, 7) is 8.50. The van der Waals surface area contributed by atoms with Crippen LogP contribution in [-0.2, 0) is 4.74 Å². The lowest BCUT2D eigenvalue weighted by Crippen LogP contribution is -2.40. The Kier molecular flexibility index (Phi) is 8.67. The van der Waals surface area contributed by atoms with E-state index in [1.807, 2.05) is 19.9 Å². The Balaban J connectivity index is 2.06. The number of benzene rings is 1. The van der Waals surface area contributed by atoms with Crippen LogP contribution in [0.4, 0.5) is 0 Å². The number of rotatable bonds is 9. The Morgan fingerprint density at radius 1 is 1.33 bits per heavy atom. The third-order valence-electron chi connectivity index (χ3n) is 4.69. The molecule has 27 heavy (non-hydrogen) atoms. The van der Waals surface area contributed by atoms with E-state index in [4.69, 9.17) is 14.2 Å². The molecule has 1 heterocycles. The van der Waals surface area contributed by atoms with E-state index >= 15 is 0 Å². The predicted molar refractivity (Wildman–Crippen MR) is 107 cm³/mol. The van der Waals surface area contributed by atoms with Crippen molar-refractivity contribution in [2.45, 2.75) is 26.4 Å². The lowest BCUT2D eigenvalue weighted by Gasteiger charge is -2.22. The monoisotopic (exact) mass is 379 g/mol. The summed E-state index contributed by atoms with van der Waals surface area (Å²) in [6.07, 6.45) is 0.321. The number of nitrogens with one attached hydrogen (secondary N) is 1. The number of ether oxygens (including phenoxy) is 3. The number of aliphatic imine (C=N–C) groups is 1. The summed E-state index contributed by atoms with van der Waals surface area (Å²) < 4.78 is 16.2. The molecule has 152 valence electrons. The summed E-state index contributed by atoms with van der Waals surface area (Å²) in [7, 11) is 3.19. The normalized spacial score (nSPS) is 18.5. The highest BCUT2D eigenvalue weighted by Gasteiger charge is 2.25. The maximum atomic E-state index is 10.7. The van der Waals surface area contributed by atoms with Crippen molar-refractivity contribution < 1.29 is 19.3 Å². The number of aliphatic hydroxyl groups excluding tert-OH is 1. The van der Waals surface area contributed by atoms with Gasteiger partial charge in [0.1, 0.15) is 17.6 Å². The third kappa shape index (κ3) is 6.01. The Hall–Kier alpha value is -1.99. The van der Waals surface area contributed by atoms with Crippen molar-refractivity contribution in [1.82, 2.24) is 10.2 Å². The summed E-state index contributed by atoms with van der Waals surface area (Å²) in [5, 5.41) is 14.0. The number of nitrogens with zero attached hydrogens (tertiary/aromatic N) is 2. The van der Waals surface area contributed by atoms with Crippen LogP contribution < -0.4 is 14.8 Å². The maximum Gasteiger partial charge on any atom is 0.194 e. The lowest BCUT2D eigenvalue weighted by molar-refractivity contribution is 0.114. The minimum absolute atomic E-state index is 0.248. The fourth-order valence-corrected chi connectivity index (χ4v) is 3.24. The van der Waals surface area contributed by atoms with Gasteiger partial charge in [-0.1, -0.05) is 0 Å². The molecule has 1 aromatic rings. The molecule has 0 saturated carbocycles. The SMILES string of the molecule is CCNC(=NCC(O)c1cc(OC)ccc1OC)N1CCC(COCC)C1. The summed E-state index contributed by atoms with van der Waals surface area (Å²) >= 11 is 0. The van der Waals surface area contributed by atoms with Gasteiger partial charge in [-0.2, -0.15) is 0 Å². The molecule has 2 unspecified atom stereocenters. The van der Waals surface area contributed by atoms with Crippen molar-refractivity contribution >= 4 is 5.96 Å². The fraction of sp³-hybridized carbons (Fsp3) is 0.650. The molecule has 1 aromatic carbocycles. The molecule has 1 fully saturated rings. The molecule has 0 bridgehead atoms. The molecule has 0 amide bonds. The van der Waals surface area contributed by atoms with Crippen LogP contribution in [0.5, 0.6) is 11.5 Å². The van der Waals surface area contributed by atoms with Crippen LogP contribution in [0.15, 0.2) is 23.2 Å². The maximum absolute atomic E-state index is 10.7. The van der Waals surface area contributed by atoms with Crippen LogP contribution in [0.1, 0.15) is 31.9 Å². The lowest BCUT2D eigenvalue weighted by atomic mass is 10.1. The Morgan fingerprint density at radius 3 is 2.81 bits per heavy atom. The summed E-state index contributed by atoms with van der Waals surface area (Å²) in [6, 6.07) is 5.40. The number of aliphatic hydroxyl groups is 1. The molecule has 7 heteroatoms. The van der Waals surface area contributed by atoms with Crippen molar-refractivity contribution in [3.8, 4) is 11.5 Å². The average molecular weight is 380 g/mol. The van der Waals surface area contributed by atoms with Crippen molar-refractivity contribution in [2.75, 3.05) is 53.6 Å². The molecule has 0 spiro atoms. The Morgan fingerprint density at radius 2 is 2.15 bits per heavy atom. The van der Waals surface area contributed by atoms with Gasteiger partial charge in [-0.15, -0.1) is 0 Å². The molecule has 2 N–H and O–H groups in total. The molecular formula is C20H33N3O4. The van der Waals surface area contributed by atoms with Gasteiger partial charge in [0.2, 0.25) is 0 Å². The number of methoxy groups -OCH3 is 2. The van der Waals surface area contributed by atoms with Gasteiger partial charge in [-0.3, -0.25) is 4.99 Å². The van der Waals surface area contributed by atoms with Gasteiger partial charge >= 0.3 is 0 Å². The molecule has 1 aliphatic rings. The molecule has 1 saturated heterocycles. The Bertz CT molecular complexity index is 609. The molecule has 1 aliphatic heterocycles. The van der Waals surface area contributed by atoms with Gasteiger partial charge < -0.3 is 29.5 Å². The van der Waals surface area contributed by atoms with Gasteiger partial charge in [0, 0.05) is 37.7 Å². The average Bonchev–Trinajstić information content (AvgIpc) is 3.17. The molecule has 0 aromatic heterocycles. The second-order valence-electron chi connectivity index (χ2n) is 6.58. The second kappa shape index (κ2) is 11.0. The van der Waals surface area contributed by atoms with Crippen molar-refractivity contribution in [1.29, 1.82) is 0 Å². The fourth-order valence-electron chi connectivity index (χ4n) is 3.24. The smallest absolute Gasteiger partial charge is 0.194 e. The van der Waals surface area contributed by atoms with Gasteiger partial charge in [0.25, 0.3) is 0 Å². The first-order valence-electron chi connectivity index (χ1n) is 9.63. The first-order valence-corrected chi connectivity index (χ1v) is 9.63. The molecule has 2 rings (SSSR count).